The van der Waals surface area contributed by atoms with Gasteiger partial charge in [-0.1, -0.05) is 30.3 Å². The molecule has 0 aliphatic heterocycles. The van der Waals surface area contributed by atoms with E-state index >= 15 is 0 Å². The highest BCUT2D eigenvalue weighted by molar-refractivity contribution is 5.98. The van der Waals surface area contributed by atoms with E-state index in [0.717, 1.165) is 23.1 Å². The molecule has 0 unspecified atom stereocenters. The van der Waals surface area contributed by atoms with Gasteiger partial charge in [0.2, 0.25) is 0 Å². The van der Waals surface area contributed by atoms with Crippen LogP contribution < -0.4 is 0 Å². The van der Waals surface area contributed by atoms with Crippen LogP contribution in [0.5, 0.6) is 0 Å². The van der Waals surface area contributed by atoms with Gasteiger partial charge in [0.05, 0.1) is 5.56 Å². The number of halogens is 3. The lowest BCUT2D eigenvalue weighted by atomic mass is 10.1. The third kappa shape index (κ3) is 3.38. The minimum atomic E-state index is -4.37. The molecular formula is C19H16F3NO2. The topological polar surface area (TPSA) is 33.5 Å². The number of hydrogen-bond donors (Lipinski definition) is 0. The first-order valence-corrected chi connectivity index (χ1v) is 7.67. The maximum absolute atomic E-state index is 12.6. The molecule has 1 heterocycles. The summed E-state index contributed by atoms with van der Waals surface area (Å²) in [4.78, 5) is 14.0. The van der Waals surface area contributed by atoms with Crippen LogP contribution in [0.25, 0.3) is 11.0 Å². The lowest BCUT2D eigenvalue weighted by Gasteiger charge is -2.17. The number of benzene rings is 2. The minimum Gasteiger partial charge on any atom is -0.451 e. The third-order valence-electron chi connectivity index (χ3n) is 4.09. The van der Waals surface area contributed by atoms with Gasteiger partial charge in [0.25, 0.3) is 5.91 Å². The molecule has 130 valence electrons. The highest BCUT2D eigenvalue weighted by atomic mass is 19.4. The predicted molar refractivity (Wildman–Crippen MR) is 88.2 cm³/mol. The van der Waals surface area contributed by atoms with E-state index in [-0.39, 0.29) is 18.2 Å². The molecule has 0 saturated carbocycles. The average Bonchev–Trinajstić information content (AvgIpc) is 2.91. The Bertz CT molecular complexity index is 911. The predicted octanol–water partition coefficient (Wildman–Crippen LogP) is 5.03. The SMILES string of the molecule is Cc1c(C(=O)N(C)Cc2ccc(C(F)(F)F)cc2)oc2ccccc12. The van der Waals surface area contributed by atoms with Crippen molar-refractivity contribution in [2.45, 2.75) is 19.6 Å². The van der Waals surface area contributed by atoms with E-state index in [4.69, 9.17) is 4.42 Å². The summed E-state index contributed by atoms with van der Waals surface area (Å²) in [6.07, 6.45) is -4.37. The molecular weight excluding hydrogens is 331 g/mol. The first-order valence-electron chi connectivity index (χ1n) is 7.67. The van der Waals surface area contributed by atoms with Crippen molar-refractivity contribution < 1.29 is 22.4 Å². The van der Waals surface area contributed by atoms with E-state index in [2.05, 4.69) is 0 Å². The largest absolute Gasteiger partial charge is 0.451 e. The maximum atomic E-state index is 12.6. The van der Waals surface area contributed by atoms with Crippen molar-refractivity contribution in [1.29, 1.82) is 0 Å². The van der Waals surface area contributed by atoms with Crippen molar-refractivity contribution in [3.63, 3.8) is 0 Å². The Balaban J connectivity index is 1.79. The molecule has 1 aromatic heterocycles. The monoisotopic (exact) mass is 347 g/mol. The number of alkyl halides is 3. The Morgan fingerprint density at radius 3 is 2.32 bits per heavy atom. The third-order valence-corrected chi connectivity index (χ3v) is 4.09. The van der Waals surface area contributed by atoms with Gasteiger partial charge in [-0.2, -0.15) is 13.2 Å². The Morgan fingerprint density at radius 2 is 1.72 bits per heavy atom. The molecule has 0 aliphatic carbocycles. The molecule has 3 aromatic rings. The van der Waals surface area contributed by atoms with Crippen LogP contribution in [0.15, 0.2) is 52.9 Å². The molecule has 0 N–H and O–H groups in total. The van der Waals surface area contributed by atoms with Gasteiger partial charge in [-0.15, -0.1) is 0 Å². The smallest absolute Gasteiger partial charge is 0.416 e. The zero-order valence-corrected chi connectivity index (χ0v) is 13.7. The number of aryl methyl sites for hydroxylation is 1. The summed E-state index contributed by atoms with van der Waals surface area (Å²) in [5.74, 6) is -0.0655. The molecule has 0 fully saturated rings. The molecule has 0 spiro atoms. The fourth-order valence-electron chi connectivity index (χ4n) is 2.70. The average molecular weight is 347 g/mol. The zero-order chi connectivity index (χ0) is 18.2. The minimum absolute atomic E-state index is 0.188. The Morgan fingerprint density at radius 1 is 1.08 bits per heavy atom. The molecule has 25 heavy (non-hydrogen) atoms. The van der Waals surface area contributed by atoms with Gasteiger partial charge in [-0.3, -0.25) is 4.79 Å². The molecule has 6 heteroatoms. The number of carbonyl (C=O) groups excluding carboxylic acids is 1. The van der Waals surface area contributed by atoms with Crippen LogP contribution in [0.4, 0.5) is 13.2 Å². The van der Waals surface area contributed by atoms with Gasteiger partial charge >= 0.3 is 6.18 Å². The van der Waals surface area contributed by atoms with Crippen LogP contribution in [0.2, 0.25) is 0 Å². The molecule has 2 aromatic carbocycles. The number of furan rings is 1. The van der Waals surface area contributed by atoms with Gasteiger partial charge < -0.3 is 9.32 Å². The number of hydrogen-bond acceptors (Lipinski definition) is 2. The van der Waals surface area contributed by atoms with Crippen molar-refractivity contribution in [3.05, 3.63) is 71.0 Å². The molecule has 3 nitrogen and oxygen atoms in total. The van der Waals surface area contributed by atoms with Crippen molar-refractivity contribution >= 4 is 16.9 Å². The molecule has 0 radical (unpaired) electrons. The summed E-state index contributed by atoms with van der Waals surface area (Å²) in [7, 11) is 1.59. The van der Waals surface area contributed by atoms with Crippen molar-refractivity contribution in [2.24, 2.45) is 0 Å². The Labute approximate surface area is 142 Å². The molecule has 0 aliphatic rings. The fraction of sp³-hybridized carbons (Fsp3) is 0.211. The number of rotatable bonds is 3. The van der Waals surface area contributed by atoms with Gasteiger partial charge in [0.1, 0.15) is 5.58 Å². The Hall–Kier alpha value is -2.76. The van der Waals surface area contributed by atoms with E-state index in [9.17, 15) is 18.0 Å². The fourth-order valence-corrected chi connectivity index (χ4v) is 2.70. The van der Waals surface area contributed by atoms with Crippen LogP contribution in [0.1, 0.15) is 27.2 Å². The van der Waals surface area contributed by atoms with Crippen LogP contribution in [-0.4, -0.2) is 17.9 Å². The lowest BCUT2D eigenvalue weighted by Crippen LogP contribution is -2.26. The first kappa shape index (κ1) is 17.1. The highest BCUT2D eigenvalue weighted by Crippen LogP contribution is 2.29. The number of para-hydroxylation sites is 1. The molecule has 0 saturated heterocycles. The highest BCUT2D eigenvalue weighted by Gasteiger charge is 2.30. The molecule has 0 atom stereocenters. The maximum Gasteiger partial charge on any atom is 0.416 e. The molecule has 1 amide bonds. The second-order valence-corrected chi connectivity index (χ2v) is 5.91. The van der Waals surface area contributed by atoms with Gasteiger partial charge in [-0.05, 0) is 30.7 Å². The number of fused-ring (bicyclic) bond motifs is 1. The van der Waals surface area contributed by atoms with E-state index in [1.54, 1.807) is 13.1 Å². The summed E-state index contributed by atoms with van der Waals surface area (Å²) in [5, 5.41) is 0.869. The molecule has 0 bridgehead atoms. The van der Waals surface area contributed by atoms with Crippen LogP contribution in [-0.2, 0) is 12.7 Å². The zero-order valence-electron chi connectivity index (χ0n) is 13.7. The second-order valence-electron chi connectivity index (χ2n) is 5.91. The number of carbonyl (C=O) groups is 1. The standard InChI is InChI=1S/C19H16F3NO2/c1-12-15-5-3-4-6-16(15)25-17(12)18(24)23(2)11-13-7-9-14(10-8-13)19(20,21)22/h3-10H,11H2,1-2H3. The number of nitrogens with zero attached hydrogens (tertiary/aromatic N) is 1. The van der Waals surface area contributed by atoms with Gasteiger partial charge in [-0.25, -0.2) is 0 Å². The number of amides is 1. The summed E-state index contributed by atoms with van der Waals surface area (Å²) in [6, 6.07) is 12.1. The summed E-state index contributed by atoms with van der Waals surface area (Å²) in [5.41, 5.74) is 1.28. The van der Waals surface area contributed by atoms with Crippen LogP contribution >= 0.6 is 0 Å². The first-order chi connectivity index (χ1) is 11.8. The van der Waals surface area contributed by atoms with Crippen LogP contribution in [0.3, 0.4) is 0 Å². The van der Waals surface area contributed by atoms with E-state index in [0.29, 0.717) is 11.1 Å². The summed E-state index contributed by atoms with van der Waals surface area (Å²) in [6.45, 7) is 2.00. The van der Waals surface area contributed by atoms with E-state index in [1.165, 1.54) is 17.0 Å². The van der Waals surface area contributed by atoms with Crippen molar-refractivity contribution in [2.75, 3.05) is 7.05 Å². The molecule has 3 rings (SSSR count). The van der Waals surface area contributed by atoms with Gasteiger partial charge in [0, 0.05) is 24.5 Å². The van der Waals surface area contributed by atoms with Crippen molar-refractivity contribution in [1.82, 2.24) is 4.90 Å². The van der Waals surface area contributed by atoms with Gasteiger partial charge in [0.15, 0.2) is 5.76 Å². The van der Waals surface area contributed by atoms with Crippen LogP contribution in [0, 0.1) is 6.92 Å². The summed E-state index contributed by atoms with van der Waals surface area (Å²) >= 11 is 0. The quantitative estimate of drug-likeness (QED) is 0.666. The normalized spacial score (nSPS) is 11.7. The second kappa shape index (κ2) is 6.27. The van der Waals surface area contributed by atoms with Crippen molar-refractivity contribution in [3.8, 4) is 0 Å². The Kier molecular flexibility index (Phi) is 4.29. The van der Waals surface area contributed by atoms with E-state index < -0.39 is 11.7 Å². The van der Waals surface area contributed by atoms with E-state index in [1.807, 2.05) is 25.1 Å². The summed E-state index contributed by atoms with van der Waals surface area (Å²) < 4.78 is 43.4. The lowest BCUT2D eigenvalue weighted by molar-refractivity contribution is -0.137.